The number of hydrogen-bond donors (Lipinski definition) is 1. The molecule has 1 aromatic carbocycles. The first kappa shape index (κ1) is 8.57. The lowest BCUT2D eigenvalue weighted by Gasteiger charge is -2.00. The van der Waals surface area contributed by atoms with Crippen LogP contribution in [0.4, 0.5) is 0 Å². The van der Waals surface area contributed by atoms with E-state index in [0.29, 0.717) is 6.00 Å². The molecule has 0 fully saturated rings. The molecule has 0 atom stereocenters. The van der Waals surface area contributed by atoms with Gasteiger partial charge in [-0.1, -0.05) is 29.8 Å². The molecule has 60 valence electrons. The fourth-order valence-electron chi connectivity index (χ4n) is 0.898. The molecule has 0 aliphatic rings. The molecule has 0 unspecified atom stereocenters. The van der Waals surface area contributed by atoms with Crippen molar-refractivity contribution in [2.45, 2.75) is 13.5 Å². The number of aryl methyl sites for hydroxylation is 1. The van der Waals surface area contributed by atoms with Gasteiger partial charge in [-0.3, -0.25) is 5.32 Å². The maximum atomic E-state index is 5.47. The number of rotatable bonds is 3. The van der Waals surface area contributed by atoms with Crippen molar-refractivity contribution in [3.05, 3.63) is 35.4 Å². The van der Waals surface area contributed by atoms with Crippen LogP contribution < -0.4 is 5.32 Å². The zero-order valence-corrected chi connectivity index (χ0v) is 7.36. The van der Waals surface area contributed by atoms with Crippen molar-refractivity contribution in [1.29, 1.82) is 0 Å². The molecular formula is C9H12ClN. The summed E-state index contributed by atoms with van der Waals surface area (Å²) in [4.78, 5) is 0. The Kier molecular flexibility index (Phi) is 3.40. The molecule has 1 N–H and O–H groups in total. The van der Waals surface area contributed by atoms with Crippen LogP contribution in [0.15, 0.2) is 24.3 Å². The standard InChI is InChI=1S/C9H12ClN/c1-8-2-4-9(5-3-8)6-11-7-10/h2-5,11H,6-7H2,1H3. The summed E-state index contributed by atoms with van der Waals surface area (Å²) in [5, 5.41) is 3.05. The van der Waals surface area contributed by atoms with E-state index >= 15 is 0 Å². The zero-order chi connectivity index (χ0) is 8.10. The minimum Gasteiger partial charge on any atom is -0.300 e. The van der Waals surface area contributed by atoms with Gasteiger partial charge in [0.1, 0.15) is 0 Å². The lowest BCUT2D eigenvalue weighted by atomic mass is 10.1. The van der Waals surface area contributed by atoms with E-state index in [4.69, 9.17) is 11.6 Å². The Bertz CT molecular complexity index is 205. The van der Waals surface area contributed by atoms with Gasteiger partial charge in [0.2, 0.25) is 0 Å². The van der Waals surface area contributed by atoms with Gasteiger partial charge in [-0.05, 0) is 12.5 Å². The number of halogens is 1. The molecule has 1 nitrogen and oxygen atoms in total. The van der Waals surface area contributed by atoms with Crippen LogP contribution in [0.1, 0.15) is 11.1 Å². The minimum absolute atomic E-state index is 0.508. The van der Waals surface area contributed by atoms with Crippen LogP contribution in [0, 0.1) is 6.92 Å². The highest BCUT2D eigenvalue weighted by Crippen LogP contribution is 2.01. The average molecular weight is 170 g/mol. The van der Waals surface area contributed by atoms with Gasteiger partial charge in [0.05, 0.1) is 6.00 Å². The third kappa shape index (κ3) is 2.91. The molecule has 0 spiro atoms. The largest absolute Gasteiger partial charge is 0.300 e. The second kappa shape index (κ2) is 4.37. The first-order chi connectivity index (χ1) is 5.33. The summed E-state index contributed by atoms with van der Waals surface area (Å²) in [6, 6.07) is 8.92. The molecule has 0 saturated heterocycles. The highest BCUT2D eigenvalue weighted by Gasteiger charge is 1.89. The van der Waals surface area contributed by atoms with Crippen LogP contribution in [0.3, 0.4) is 0 Å². The Balaban J connectivity index is 2.52. The topological polar surface area (TPSA) is 12.0 Å². The van der Waals surface area contributed by atoms with Gasteiger partial charge >= 0.3 is 0 Å². The lowest BCUT2D eigenvalue weighted by molar-refractivity contribution is 0.791. The Morgan fingerprint density at radius 3 is 2.45 bits per heavy atom. The summed E-state index contributed by atoms with van der Waals surface area (Å²) in [6.45, 7) is 2.93. The Hall–Kier alpha value is -0.530. The third-order valence-electron chi connectivity index (χ3n) is 1.54. The van der Waals surface area contributed by atoms with Crippen molar-refractivity contribution in [3.8, 4) is 0 Å². The Morgan fingerprint density at radius 1 is 1.27 bits per heavy atom. The summed E-state index contributed by atoms with van der Waals surface area (Å²) < 4.78 is 0. The second-order valence-electron chi connectivity index (χ2n) is 2.55. The SMILES string of the molecule is Cc1ccc(CNCCl)cc1. The maximum absolute atomic E-state index is 5.47. The second-order valence-corrected chi connectivity index (χ2v) is 2.81. The van der Waals surface area contributed by atoms with E-state index < -0.39 is 0 Å². The fourth-order valence-corrected chi connectivity index (χ4v) is 0.992. The van der Waals surface area contributed by atoms with Crippen molar-refractivity contribution in [2.24, 2.45) is 0 Å². The molecule has 1 aromatic rings. The molecule has 0 amide bonds. The molecule has 1 rings (SSSR count). The third-order valence-corrected chi connectivity index (χ3v) is 1.73. The maximum Gasteiger partial charge on any atom is 0.0716 e. The molecular weight excluding hydrogens is 158 g/mol. The summed E-state index contributed by atoms with van der Waals surface area (Å²) in [5.74, 6) is 0. The predicted molar refractivity (Wildman–Crippen MR) is 48.7 cm³/mol. The Morgan fingerprint density at radius 2 is 1.91 bits per heavy atom. The number of alkyl halides is 1. The van der Waals surface area contributed by atoms with Gasteiger partial charge in [0.25, 0.3) is 0 Å². The van der Waals surface area contributed by atoms with E-state index in [2.05, 4.69) is 36.5 Å². The van der Waals surface area contributed by atoms with Crippen molar-refractivity contribution in [2.75, 3.05) is 6.00 Å². The van der Waals surface area contributed by atoms with Crippen molar-refractivity contribution in [1.82, 2.24) is 5.32 Å². The van der Waals surface area contributed by atoms with E-state index in [-0.39, 0.29) is 0 Å². The molecule has 0 aliphatic heterocycles. The van der Waals surface area contributed by atoms with Gasteiger partial charge in [-0.25, -0.2) is 0 Å². The van der Waals surface area contributed by atoms with E-state index in [1.165, 1.54) is 11.1 Å². The zero-order valence-electron chi connectivity index (χ0n) is 6.60. The number of nitrogens with one attached hydrogen (secondary N) is 1. The molecule has 2 heteroatoms. The van der Waals surface area contributed by atoms with Crippen LogP contribution in [0.5, 0.6) is 0 Å². The van der Waals surface area contributed by atoms with Gasteiger partial charge in [-0.2, -0.15) is 0 Å². The quantitative estimate of drug-likeness (QED) is 0.541. The molecule has 0 aliphatic carbocycles. The highest BCUT2D eigenvalue weighted by atomic mass is 35.5. The summed E-state index contributed by atoms with van der Waals surface area (Å²) in [7, 11) is 0. The van der Waals surface area contributed by atoms with Crippen molar-refractivity contribution < 1.29 is 0 Å². The smallest absolute Gasteiger partial charge is 0.0716 e. The van der Waals surface area contributed by atoms with Gasteiger partial charge < -0.3 is 0 Å². The molecule has 0 aromatic heterocycles. The van der Waals surface area contributed by atoms with E-state index in [0.717, 1.165) is 6.54 Å². The van der Waals surface area contributed by atoms with Gasteiger partial charge in [0.15, 0.2) is 0 Å². The number of benzene rings is 1. The predicted octanol–water partition coefficient (Wildman–Crippen LogP) is 2.28. The van der Waals surface area contributed by atoms with Crippen LogP contribution >= 0.6 is 11.6 Å². The van der Waals surface area contributed by atoms with Crippen LogP contribution in [0.25, 0.3) is 0 Å². The molecule has 0 saturated carbocycles. The summed E-state index contributed by atoms with van der Waals surface area (Å²) >= 11 is 5.47. The molecule has 0 radical (unpaired) electrons. The van der Waals surface area contributed by atoms with Crippen LogP contribution in [0.2, 0.25) is 0 Å². The van der Waals surface area contributed by atoms with E-state index in [1.807, 2.05) is 0 Å². The Labute approximate surface area is 72.4 Å². The van der Waals surface area contributed by atoms with Crippen LogP contribution in [-0.2, 0) is 6.54 Å². The molecule has 0 bridgehead atoms. The van der Waals surface area contributed by atoms with Gasteiger partial charge in [-0.15, -0.1) is 11.6 Å². The van der Waals surface area contributed by atoms with Crippen LogP contribution in [-0.4, -0.2) is 6.00 Å². The first-order valence-electron chi connectivity index (χ1n) is 3.65. The minimum atomic E-state index is 0.508. The highest BCUT2D eigenvalue weighted by molar-refractivity contribution is 6.17. The average Bonchev–Trinajstić information content (AvgIpc) is 2.04. The summed E-state index contributed by atoms with van der Waals surface area (Å²) in [5.41, 5.74) is 2.57. The monoisotopic (exact) mass is 169 g/mol. The first-order valence-corrected chi connectivity index (χ1v) is 4.18. The van der Waals surface area contributed by atoms with E-state index in [1.54, 1.807) is 0 Å². The normalized spacial score (nSPS) is 10.0. The summed E-state index contributed by atoms with van der Waals surface area (Å²) in [6.07, 6.45) is 0. The van der Waals surface area contributed by atoms with E-state index in [9.17, 15) is 0 Å². The molecule has 0 heterocycles. The number of hydrogen-bond acceptors (Lipinski definition) is 1. The molecule has 11 heavy (non-hydrogen) atoms. The van der Waals surface area contributed by atoms with Crippen molar-refractivity contribution >= 4 is 11.6 Å². The van der Waals surface area contributed by atoms with Crippen molar-refractivity contribution in [3.63, 3.8) is 0 Å². The fraction of sp³-hybridized carbons (Fsp3) is 0.333. The lowest BCUT2D eigenvalue weighted by Crippen LogP contribution is -2.09. The van der Waals surface area contributed by atoms with Gasteiger partial charge in [0, 0.05) is 6.54 Å².